The highest BCUT2D eigenvalue weighted by Crippen LogP contribution is 2.32. The van der Waals surface area contributed by atoms with E-state index in [0.29, 0.717) is 22.3 Å². The van der Waals surface area contributed by atoms with Gasteiger partial charge in [-0.25, -0.2) is 4.98 Å². The van der Waals surface area contributed by atoms with Gasteiger partial charge in [-0.2, -0.15) is 0 Å². The summed E-state index contributed by atoms with van der Waals surface area (Å²) in [7, 11) is 0. The molecule has 1 atom stereocenters. The molecular weight excluding hydrogens is 294 g/mol. The molecule has 0 saturated carbocycles. The number of aromatic nitrogens is 2. The van der Waals surface area contributed by atoms with E-state index in [1.165, 1.54) is 17.8 Å². The van der Waals surface area contributed by atoms with Crippen molar-refractivity contribution in [1.29, 1.82) is 0 Å². The van der Waals surface area contributed by atoms with Gasteiger partial charge in [-0.3, -0.25) is 4.79 Å². The lowest BCUT2D eigenvalue weighted by atomic mass is 10.1. The van der Waals surface area contributed by atoms with Gasteiger partial charge in [0.25, 0.3) is 5.56 Å². The van der Waals surface area contributed by atoms with Crippen LogP contribution in [0, 0.1) is 6.92 Å². The van der Waals surface area contributed by atoms with Gasteiger partial charge < -0.3 is 10.7 Å². The first-order chi connectivity index (χ1) is 9.45. The maximum absolute atomic E-state index is 11.5. The molecule has 1 unspecified atom stereocenters. The molecule has 0 spiro atoms. The zero-order valence-corrected chi connectivity index (χ0v) is 12.9. The summed E-state index contributed by atoms with van der Waals surface area (Å²) in [5.74, 6) is 0. The van der Waals surface area contributed by atoms with Crippen molar-refractivity contribution in [3.63, 3.8) is 0 Å². The highest BCUT2D eigenvalue weighted by Gasteiger charge is 2.11. The van der Waals surface area contributed by atoms with E-state index < -0.39 is 0 Å². The Morgan fingerprint density at radius 1 is 1.50 bits per heavy atom. The minimum atomic E-state index is -0.157. The van der Waals surface area contributed by atoms with E-state index in [2.05, 4.69) is 9.97 Å². The first kappa shape index (κ1) is 15.1. The molecule has 0 aliphatic carbocycles. The van der Waals surface area contributed by atoms with Crippen LogP contribution in [0.1, 0.15) is 18.2 Å². The van der Waals surface area contributed by atoms with E-state index in [4.69, 9.17) is 17.3 Å². The molecule has 0 bridgehead atoms. The Bertz CT molecular complexity index is 670. The molecule has 0 fully saturated rings. The summed E-state index contributed by atoms with van der Waals surface area (Å²) in [6, 6.07) is 7.15. The summed E-state index contributed by atoms with van der Waals surface area (Å²) in [5.41, 5.74) is 7.38. The van der Waals surface area contributed by atoms with Crippen LogP contribution in [-0.4, -0.2) is 16.0 Å². The minimum absolute atomic E-state index is 0.0127. The van der Waals surface area contributed by atoms with Gasteiger partial charge in [-0.1, -0.05) is 29.4 Å². The fraction of sp³-hybridized carbons (Fsp3) is 0.286. The summed E-state index contributed by atoms with van der Waals surface area (Å²) in [5, 5.41) is 1.24. The molecule has 2 rings (SSSR count). The van der Waals surface area contributed by atoms with E-state index in [0.717, 1.165) is 10.5 Å². The number of H-pyrrole nitrogens is 1. The van der Waals surface area contributed by atoms with Crippen LogP contribution in [0.2, 0.25) is 5.02 Å². The molecule has 1 aromatic heterocycles. The van der Waals surface area contributed by atoms with E-state index in [1.54, 1.807) is 6.92 Å². The molecule has 0 aliphatic heterocycles. The molecule has 20 heavy (non-hydrogen) atoms. The molecule has 3 N–H and O–H groups in total. The molecule has 1 aromatic carbocycles. The number of nitrogens with two attached hydrogens (primary N) is 1. The largest absolute Gasteiger partial charge is 0.328 e. The Morgan fingerprint density at radius 2 is 2.25 bits per heavy atom. The van der Waals surface area contributed by atoms with Crippen LogP contribution in [0.15, 0.2) is 39.1 Å². The molecule has 0 saturated heterocycles. The van der Waals surface area contributed by atoms with Crippen LogP contribution < -0.4 is 11.3 Å². The summed E-state index contributed by atoms with van der Waals surface area (Å²) in [6.07, 6.45) is 0.679. The van der Waals surface area contributed by atoms with Crippen LogP contribution in [0.5, 0.6) is 0 Å². The Labute approximate surface area is 126 Å². The number of nitrogens with zero attached hydrogens (tertiary/aromatic N) is 1. The van der Waals surface area contributed by atoms with Crippen LogP contribution in [0.25, 0.3) is 0 Å². The molecule has 0 aliphatic rings. The molecule has 106 valence electrons. The predicted octanol–water partition coefficient (Wildman–Crippen LogP) is 2.77. The Morgan fingerprint density at radius 3 is 2.90 bits per heavy atom. The second kappa shape index (κ2) is 6.43. The van der Waals surface area contributed by atoms with Gasteiger partial charge in [0, 0.05) is 27.7 Å². The van der Waals surface area contributed by atoms with Gasteiger partial charge in [0.15, 0.2) is 5.16 Å². The topological polar surface area (TPSA) is 71.8 Å². The Balaban J connectivity index is 2.37. The van der Waals surface area contributed by atoms with Crippen molar-refractivity contribution in [1.82, 2.24) is 9.97 Å². The fourth-order valence-electron chi connectivity index (χ4n) is 1.86. The number of benzene rings is 1. The molecule has 6 heteroatoms. The second-order valence-electron chi connectivity index (χ2n) is 4.69. The van der Waals surface area contributed by atoms with Crippen LogP contribution in [0.3, 0.4) is 0 Å². The summed E-state index contributed by atoms with van der Waals surface area (Å²) < 4.78 is 0. The van der Waals surface area contributed by atoms with Gasteiger partial charge in [0.1, 0.15) is 0 Å². The predicted molar refractivity (Wildman–Crippen MR) is 82.5 cm³/mol. The van der Waals surface area contributed by atoms with E-state index in [9.17, 15) is 4.79 Å². The molecule has 0 radical (unpaired) electrons. The average molecular weight is 310 g/mol. The van der Waals surface area contributed by atoms with Crippen LogP contribution in [-0.2, 0) is 6.42 Å². The van der Waals surface area contributed by atoms with Crippen molar-refractivity contribution in [3.05, 3.63) is 50.9 Å². The fourth-order valence-corrected chi connectivity index (χ4v) is 3.18. The molecule has 2 aromatic rings. The van der Waals surface area contributed by atoms with Gasteiger partial charge in [-0.15, -0.1) is 0 Å². The number of hydrogen-bond acceptors (Lipinski definition) is 4. The number of hydrogen-bond donors (Lipinski definition) is 2. The molecule has 1 heterocycles. The summed E-state index contributed by atoms with van der Waals surface area (Å²) in [6.45, 7) is 3.73. The summed E-state index contributed by atoms with van der Waals surface area (Å²) in [4.78, 5) is 19.5. The number of rotatable bonds is 4. The number of nitrogens with one attached hydrogen (secondary N) is 1. The minimum Gasteiger partial charge on any atom is -0.328 e. The number of halogens is 1. The number of aryl methyl sites for hydroxylation is 1. The Hall–Kier alpha value is -1.30. The third-order valence-corrected chi connectivity index (χ3v) is 4.00. The monoisotopic (exact) mass is 309 g/mol. The third kappa shape index (κ3) is 3.85. The lowest BCUT2D eigenvalue weighted by Crippen LogP contribution is -2.18. The maximum Gasteiger partial charge on any atom is 0.251 e. The van der Waals surface area contributed by atoms with Gasteiger partial charge in [0.2, 0.25) is 0 Å². The van der Waals surface area contributed by atoms with Gasteiger partial charge >= 0.3 is 0 Å². The summed E-state index contributed by atoms with van der Waals surface area (Å²) >= 11 is 7.63. The molecule has 0 amide bonds. The SMILES string of the molecule is Cc1cc(=O)[nH]c(Sc2cccc(Cl)c2CC(C)N)n1. The highest BCUT2D eigenvalue weighted by molar-refractivity contribution is 7.99. The van der Waals surface area contributed by atoms with Crippen molar-refractivity contribution in [2.75, 3.05) is 0 Å². The normalized spacial score (nSPS) is 12.4. The van der Waals surface area contributed by atoms with E-state index in [1.807, 2.05) is 25.1 Å². The quantitative estimate of drug-likeness (QED) is 0.852. The zero-order valence-electron chi connectivity index (χ0n) is 11.3. The first-order valence-corrected chi connectivity index (χ1v) is 7.44. The second-order valence-corrected chi connectivity index (χ2v) is 6.13. The maximum atomic E-state index is 11.5. The van der Waals surface area contributed by atoms with Crippen molar-refractivity contribution in [2.45, 2.75) is 36.4 Å². The van der Waals surface area contributed by atoms with Gasteiger partial charge in [0.05, 0.1) is 0 Å². The lowest BCUT2D eigenvalue weighted by molar-refractivity contribution is 0.729. The van der Waals surface area contributed by atoms with Crippen molar-refractivity contribution >= 4 is 23.4 Å². The highest BCUT2D eigenvalue weighted by atomic mass is 35.5. The van der Waals surface area contributed by atoms with Crippen molar-refractivity contribution in [3.8, 4) is 0 Å². The van der Waals surface area contributed by atoms with Crippen molar-refractivity contribution < 1.29 is 0 Å². The average Bonchev–Trinajstić information content (AvgIpc) is 2.32. The van der Waals surface area contributed by atoms with E-state index >= 15 is 0 Å². The van der Waals surface area contributed by atoms with E-state index in [-0.39, 0.29) is 11.6 Å². The van der Waals surface area contributed by atoms with Crippen LogP contribution in [0.4, 0.5) is 0 Å². The Kier molecular flexibility index (Phi) is 4.86. The van der Waals surface area contributed by atoms with Crippen molar-refractivity contribution in [2.24, 2.45) is 5.73 Å². The van der Waals surface area contributed by atoms with Gasteiger partial charge in [-0.05, 0) is 38.0 Å². The smallest absolute Gasteiger partial charge is 0.251 e. The molecule has 4 nitrogen and oxygen atoms in total. The standard InChI is InChI=1S/C14H16ClN3OS/c1-8(16)6-10-11(15)4-3-5-12(10)20-14-17-9(2)7-13(19)18-14/h3-5,7-8H,6,16H2,1-2H3,(H,17,18,19). The zero-order chi connectivity index (χ0) is 14.7. The van der Waals surface area contributed by atoms with Crippen LogP contribution >= 0.6 is 23.4 Å². The molecular formula is C14H16ClN3OS. The third-order valence-electron chi connectivity index (χ3n) is 2.66. The lowest BCUT2D eigenvalue weighted by Gasteiger charge is -2.12. The first-order valence-electron chi connectivity index (χ1n) is 6.24. The number of aromatic amines is 1.